The van der Waals surface area contributed by atoms with Crippen molar-refractivity contribution in [3.63, 3.8) is 0 Å². The highest BCUT2D eigenvalue weighted by Gasteiger charge is 2.04. The van der Waals surface area contributed by atoms with Crippen LogP contribution < -0.4 is 5.43 Å². The summed E-state index contributed by atoms with van der Waals surface area (Å²) >= 11 is 5.77. The average molecular weight is 298 g/mol. The largest absolute Gasteiger partial charge is 0.271 e. The van der Waals surface area contributed by atoms with E-state index < -0.39 is 0 Å². The molecule has 0 saturated heterocycles. The van der Waals surface area contributed by atoms with Crippen LogP contribution >= 0.6 is 11.6 Å². The number of benzene rings is 2. The van der Waals surface area contributed by atoms with Gasteiger partial charge in [0, 0.05) is 10.6 Å². The number of halogens is 1. The smallest absolute Gasteiger partial charge is 0.267 e. The molecule has 0 aliphatic heterocycles. The van der Waals surface area contributed by atoms with Gasteiger partial charge in [-0.2, -0.15) is 10.4 Å². The zero-order valence-electron chi connectivity index (χ0n) is 11.3. The van der Waals surface area contributed by atoms with Crippen molar-refractivity contribution in [2.45, 2.75) is 6.92 Å². The van der Waals surface area contributed by atoms with Gasteiger partial charge in [0.15, 0.2) is 0 Å². The van der Waals surface area contributed by atoms with Gasteiger partial charge in [0.05, 0.1) is 17.3 Å². The molecule has 0 bridgehead atoms. The number of hydrogen-bond acceptors (Lipinski definition) is 3. The number of hydrogen-bond donors (Lipinski definition) is 1. The lowest BCUT2D eigenvalue weighted by Crippen LogP contribution is -2.19. The normalized spacial score (nSPS) is 10.8. The molecule has 4 nitrogen and oxygen atoms in total. The molecule has 0 aromatic heterocycles. The Morgan fingerprint density at radius 1 is 1.10 bits per heavy atom. The number of amides is 1. The molecule has 0 unspecified atom stereocenters. The van der Waals surface area contributed by atoms with E-state index in [9.17, 15) is 4.79 Å². The van der Waals surface area contributed by atoms with Crippen LogP contribution in [0.4, 0.5) is 0 Å². The summed E-state index contributed by atoms with van der Waals surface area (Å²) in [5, 5.41) is 13.4. The number of carbonyl (C=O) groups excluding carboxylic acids is 1. The summed E-state index contributed by atoms with van der Waals surface area (Å²) in [5.74, 6) is -0.306. The van der Waals surface area contributed by atoms with E-state index in [1.165, 1.54) is 0 Å². The number of nitrogens with one attached hydrogen (secondary N) is 1. The Labute approximate surface area is 127 Å². The van der Waals surface area contributed by atoms with Crippen molar-refractivity contribution < 1.29 is 4.79 Å². The van der Waals surface area contributed by atoms with Crippen LogP contribution in [0.5, 0.6) is 0 Å². The molecule has 2 rings (SSSR count). The summed E-state index contributed by atoms with van der Waals surface area (Å²) in [6, 6.07) is 15.6. The fourth-order valence-corrected chi connectivity index (χ4v) is 1.78. The van der Waals surface area contributed by atoms with Gasteiger partial charge in [0.1, 0.15) is 0 Å². The number of nitriles is 1. The van der Waals surface area contributed by atoms with E-state index in [0.717, 1.165) is 5.56 Å². The molecule has 0 radical (unpaired) electrons. The van der Waals surface area contributed by atoms with Gasteiger partial charge in [-0.25, -0.2) is 5.43 Å². The molecule has 2 aromatic carbocycles. The molecule has 21 heavy (non-hydrogen) atoms. The van der Waals surface area contributed by atoms with Crippen LogP contribution in [0.15, 0.2) is 53.6 Å². The summed E-state index contributed by atoms with van der Waals surface area (Å²) < 4.78 is 0. The molecule has 2 aromatic rings. The fourth-order valence-electron chi connectivity index (χ4n) is 1.65. The topological polar surface area (TPSA) is 65.2 Å². The van der Waals surface area contributed by atoms with Crippen molar-refractivity contribution in [2.75, 3.05) is 0 Å². The van der Waals surface area contributed by atoms with E-state index in [2.05, 4.69) is 10.5 Å². The Kier molecular flexibility index (Phi) is 4.70. The molecule has 0 atom stereocenters. The number of rotatable bonds is 3. The van der Waals surface area contributed by atoms with Crippen molar-refractivity contribution in [3.8, 4) is 6.07 Å². The second-order valence-corrected chi connectivity index (χ2v) is 4.77. The van der Waals surface area contributed by atoms with E-state index in [1.54, 1.807) is 55.5 Å². The molecule has 1 N–H and O–H groups in total. The molecule has 0 saturated carbocycles. The molecule has 0 fully saturated rings. The van der Waals surface area contributed by atoms with Gasteiger partial charge in [-0.15, -0.1) is 0 Å². The molecule has 1 amide bonds. The number of hydrazone groups is 1. The third-order valence-corrected chi connectivity index (χ3v) is 3.12. The van der Waals surface area contributed by atoms with Crippen LogP contribution in [-0.4, -0.2) is 11.6 Å². The predicted octanol–water partition coefficient (Wildman–Crippen LogP) is 3.37. The van der Waals surface area contributed by atoms with Crippen molar-refractivity contribution in [3.05, 3.63) is 70.2 Å². The quantitative estimate of drug-likeness (QED) is 0.697. The van der Waals surface area contributed by atoms with Gasteiger partial charge in [0.2, 0.25) is 0 Å². The van der Waals surface area contributed by atoms with Crippen LogP contribution in [0, 0.1) is 11.3 Å². The van der Waals surface area contributed by atoms with E-state index in [1.807, 2.05) is 6.07 Å². The highest BCUT2D eigenvalue weighted by Crippen LogP contribution is 2.09. The standard InChI is InChI=1S/C16H12ClN3O/c1-11(13-4-2-12(10-18)3-5-13)19-20-16(21)14-6-8-15(17)9-7-14/h2-9H,1H3,(H,20,21). The predicted molar refractivity (Wildman–Crippen MR) is 82.3 cm³/mol. The summed E-state index contributed by atoms with van der Waals surface area (Å²) in [5.41, 5.74) is 5.04. The molecular weight excluding hydrogens is 286 g/mol. The summed E-state index contributed by atoms with van der Waals surface area (Å²) in [6.07, 6.45) is 0. The summed E-state index contributed by atoms with van der Waals surface area (Å²) in [7, 11) is 0. The number of carbonyl (C=O) groups is 1. The minimum absolute atomic E-state index is 0.306. The lowest BCUT2D eigenvalue weighted by molar-refractivity contribution is 0.0955. The van der Waals surface area contributed by atoms with E-state index in [-0.39, 0.29) is 5.91 Å². The minimum atomic E-state index is -0.306. The van der Waals surface area contributed by atoms with Crippen LogP contribution in [-0.2, 0) is 0 Å². The van der Waals surface area contributed by atoms with Gasteiger partial charge >= 0.3 is 0 Å². The van der Waals surface area contributed by atoms with Crippen LogP contribution in [0.25, 0.3) is 0 Å². The summed E-state index contributed by atoms with van der Waals surface area (Å²) in [4.78, 5) is 11.9. The Bertz CT molecular complexity index is 713. The third-order valence-electron chi connectivity index (χ3n) is 2.86. The molecule has 0 heterocycles. The van der Waals surface area contributed by atoms with E-state index in [0.29, 0.717) is 21.9 Å². The maximum atomic E-state index is 11.9. The second-order valence-electron chi connectivity index (χ2n) is 4.33. The van der Waals surface area contributed by atoms with Gasteiger partial charge in [-0.05, 0) is 48.9 Å². The highest BCUT2D eigenvalue weighted by molar-refractivity contribution is 6.30. The van der Waals surface area contributed by atoms with E-state index in [4.69, 9.17) is 16.9 Å². The lowest BCUT2D eigenvalue weighted by atomic mass is 10.1. The van der Waals surface area contributed by atoms with Gasteiger partial charge in [-0.3, -0.25) is 4.79 Å². The Hall–Kier alpha value is -2.64. The van der Waals surface area contributed by atoms with Crippen LogP contribution in [0.1, 0.15) is 28.4 Å². The molecule has 104 valence electrons. The zero-order chi connectivity index (χ0) is 15.2. The number of nitrogens with zero attached hydrogens (tertiary/aromatic N) is 2. The van der Waals surface area contributed by atoms with Crippen molar-refractivity contribution in [2.24, 2.45) is 5.10 Å². The highest BCUT2D eigenvalue weighted by atomic mass is 35.5. The first kappa shape index (κ1) is 14.8. The Balaban J connectivity index is 2.07. The molecular formula is C16H12ClN3O. The van der Waals surface area contributed by atoms with Crippen LogP contribution in [0.2, 0.25) is 5.02 Å². The molecule has 0 spiro atoms. The lowest BCUT2D eigenvalue weighted by Gasteiger charge is -2.03. The first-order valence-corrected chi connectivity index (χ1v) is 6.58. The van der Waals surface area contributed by atoms with Gasteiger partial charge in [0.25, 0.3) is 5.91 Å². The molecule has 0 aliphatic carbocycles. The monoisotopic (exact) mass is 297 g/mol. The Morgan fingerprint density at radius 3 is 2.24 bits per heavy atom. The maximum absolute atomic E-state index is 11.9. The SMILES string of the molecule is CC(=NNC(=O)c1ccc(Cl)cc1)c1ccc(C#N)cc1. The van der Waals surface area contributed by atoms with Gasteiger partial charge < -0.3 is 0 Å². The van der Waals surface area contributed by atoms with Crippen molar-refractivity contribution in [1.82, 2.24) is 5.43 Å². The van der Waals surface area contributed by atoms with Crippen molar-refractivity contribution >= 4 is 23.2 Å². The van der Waals surface area contributed by atoms with Gasteiger partial charge in [-0.1, -0.05) is 23.7 Å². The second kappa shape index (κ2) is 6.69. The average Bonchev–Trinajstić information content (AvgIpc) is 2.53. The third kappa shape index (κ3) is 3.91. The summed E-state index contributed by atoms with van der Waals surface area (Å²) in [6.45, 7) is 1.78. The minimum Gasteiger partial charge on any atom is -0.267 e. The molecule has 5 heteroatoms. The van der Waals surface area contributed by atoms with E-state index >= 15 is 0 Å². The molecule has 0 aliphatic rings. The first-order valence-electron chi connectivity index (χ1n) is 6.21. The maximum Gasteiger partial charge on any atom is 0.271 e. The fraction of sp³-hybridized carbons (Fsp3) is 0.0625. The first-order chi connectivity index (χ1) is 10.1. The van der Waals surface area contributed by atoms with Crippen LogP contribution in [0.3, 0.4) is 0 Å². The van der Waals surface area contributed by atoms with Crippen molar-refractivity contribution in [1.29, 1.82) is 5.26 Å². The Morgan fingerprint density at radius 2 is 1.67 bits per heavy atom. The zero-order valence-corrected chi connectivity index (χ0v) is 12.1.